The molecule has 2 aromatic rings. The van der Waals surface area contributed by atoms with Crippen LogP contribution in [0.25, 0.3) is 0 Å². The van der Waals surface area contributed by atoms with Crippen LogP contribution < -0.4 is 21.2 Å². The zero-order valence-corrected chi connectivity index (χ0v) is 10.4. The van der Waals surface area contributed by atoms with Crippen LogP contribution in [0.4, 0.5) is 0 Å². The molecule has 0 amide bonds. The fraction of sp³-hybridized carbons (Fsp3) is 0.0769. The minimum atomic E-state index is -0.0710. The van der Waals surface area contributed by atoms with Crippen molar-refractivity contribution in [3.63, 3.8) is 0 Å². The number of hydrogen-bond acceptors (Lipinski definition) is 1. The van der Waals surface area contributed by atoms with Gasteiger partial charge in [0.1, 0.15) is 0 Å². The Morgan fingerprint density at radius 1 is 0.800 bits per heavy atom. The number of rotatable bonds is 3. The smallest absolute Gasteiger partial charge is 0.357 e. The Bertz CT molecular complexity index is 408. The van der Waals surface area contributed by atoms with Crippen LogP contribution in [-0.4, -0.2) is 5.11 Å². The van der Waals surface area contributed by atoms with E-state index in [4.69, 9.17) is 5.11 Å². The fourth-order valence-electron chi connectivity index (χ4n) is 1.26. The number of halogens is 1. The molecule has 0 aliphatic carbocycles. The van der Waals surface area contributed by atoms with Gasteiger partial charge in [-0.3, -0.25) is 0 Å². The van der Waals surface area contributed by atoms with Crippen molar-refractivity contribution >= 4 is 0 Å². The van der Waals surface area contributed by atoms with Crippen LogP contribution in [0, 0.1) is 7.14 Å². The lowest BCUT2D eigenvalue weighted by Crippen LogP contribution is -3.61. The second-order valence-corrected chi connectivity index (χ2v) is 6.21. The van der Waals surface area contributed by atoms with Gasteiger partial charge >= 0.3 is 21.2 Å². The van der Waals surface area contributed by atoms with Crippen molar-refractivity contribution in [3.05, 3.63) is 67.3 Å². The first kappa shape index (κ1) is 10.6. The van der Waals surface area contributed by atoms with E-state index in [-0.39, 0.29) is 27.8 Å². The van der Waals surface area contributed by atoms with Gasteiger partial charge in [0.25, 0.3) is 0 Å². The van der Waals surface area contributed by atoms with Crippen molar-refractivity contribution < 1.29 is 26.3 Å². The molecule has 0 aromatic heterocycles. The van der Waals surface area contributed by atoms with Crippen molar-refractivity contribution in [2.75, 3.05) is 0 Å². The molecule has 0 atom stereocenters. The summed E-state index contributed by atoms with van der Waals surface area (Å²) in [7, 11) is 0. The quantitative estimate of drug-likeness (QED) is 0.744. The van der Waals surface area contributed by atoms with Gasteiger partial charge in [0, 0.05) is 0 Å². The first-order valence-corrected chi connectivity index (χ1v) is 6.94. The maximum Gasteiger partial charge on any atom is 0.357 e. The van der Waals surface area contributed by atoms with Crippen LogP contribution in [0.2, 0.25) is 0 Å². The lowest BCUT2D eigenvalue weighted by Gasteiger charge is -1.92. The molecule has 0 radical (unpaired) electrons. The molecule has 0 saturated carbocycles. The maximum atomic E-state index is 8.93. The Kier molecular flexibility index (Phi) is 3.75. The summed E-state index contributed by atoms with van der Waals surface area (Å²) in [6.45, 7) is 0.129. The highest BCUT2D eigenvalue weighted by atomic mass is 127. The summed E-state index contributed by atoms with van der Waals surface area (Å²) in [6, 6.07) is 18.8. The van der Waals surface area contributed by atoms with E-state index < -0.39 is 0 Å². The van der Waals surface area contributed by atoms with E-state index in [1.807, 2.05) is 18.2 Å². The SMILES string of the molecule is OCc1ccc([I+]c2ccccc2)cc1. The van der Waals surface area contributed by atoms with Gasteiger partial charge < -0.3 is 5.11 Å². The maximum absolute atomic E-state index is 8.93. The highest BCUT2D eigenvalue weighted by molar-refractivity contribution is 5.13. The summed E-state index contributed by atoms with van der Waals surface area (Å²) in [5.74, 6) is 0. The summed E-state index contributed by atoms with van der Waals surface area (Å²) in [5.41, 5.74) is 0.982. The summed E-state index contributed by atoms with van der Waals surface area (Å²) in [4.78, 5) is 0. The van der Waals surface area contributed by atoms with Gasteiger partial charge in [-0.15, -0.1) is 0 Å². The highest BCUT2D eigenvalue weighted by Crippen LogP contribution is 1.96. The average molecular weight is 311 g/mol. The molecule has 2 rings (SSSR count). The Labute approximate surface area is 100 Å². The topological polar surface area (TPSA) is 20.2 Å². The molecule has 0 spiro atoms. The monoisotopic (exact) mass is 311 g/mol. The number of aliphatic hydroxyl groups is 1. The van der Waals surface area contributed by atoms with Gasteiger partial charge in [-0.05, 0) is 29.8 Å². The highest BCUT2D eigenvalue weighted by Gasteiger charge is 2.13. The second-order valence-electron chi connectivity index (χ2n) is 3.17. The van der Waals surface area contributed by atoms with Gasteiger partial charge in [0.2, 0.25) is 0 Å². The predicted molar refractivity (Wildman–Crippen MR) is 56.2 cm³/mol. The largest absolute Gasteiger partial charge is 0.392 e. The van der Waals surface area contributed by atoms with E-state index >= 15 is 0 Å². The normalized spacial score (nSPS) is 10.2. The van der Waals surface area contributed by atoms with Crippen molar-refractivity contribution in [1.29, 1.82) is 0 Å². The summed E-state index contributed by atoms with van der Waals surface area (Å²) < 4.78 is 2.81. The first-order valence-electron chi connectivity index (χ1n) is 4.78. The molecule has 0 bridgehead atoms. The summed E-state index contributed by atoms with van der Waals surface area (Å²) >= 11 is -0.0710. The first-order chi connectivity index (χ1) is 7.38. The van der Waals surface area contributed by atoms with E-state index in [1.54, 1.807) is 0 Å². The van der Waals surface area contributed by atoms with Crippen LogP contribution >= 0.6 is 0 Å². The molecule has 0 aliphatic heterocycles. The van der Waals surface area contributed by atoms with Crippen molar-refractivity contribution in [2.24, 2.45) is 0 Å². The van der Waals surface area contributed by atoms with Crippen LogP contribution in [0.1, 0.15) is 5.56 Å². The second kappa shape index (κ2) is 5.28. The lowest BCUT2D eigenvalue weighted by atomic mass is 10.2. The molecule has 1 nitrogen and oxygen atoms in total. The Morgan fingerprint density at radius 3 is 2.00 bits per heavy atom. The third kappa shape index (κ3) is 3.04. The van der Waals surface area contributed by atoms with E-state index in [9.17, 15) is 0 Å². The fourth-order valence-corrected chi connectivity index (χ4v) is 3.47. The zero-order chi connectivity index (χ0) is 10.5. The molecule has 2 heteroatoms. The van der Waals surface area contributed by atoms with E-state index in [2.05, 4.69) is 36.4 Å². The van der Waals surface area contributed by atoms with Gasteiger partial charge in [0.05, 0.1) is 6.61 Å². The summed E-state index contributed by atoms with van der Waals surface area (Å²) in [6.07, 6.45) is 0. The minimum absolute atomic E-state index is 0.0710. The number of aliphatic hydroxyl groups excluding tert-OH is 1. The van der Waals surface area contributed by atoms with E-state index in [0.29, 0.717) is 0 Å². The van der Waals surface area contributed by atoms with Crippen LogP contribution in [0.5, 0.6) is 0 Å². The molecule has 76 valence electrons. The molecule has 1 N–H and O–H groups in total. The van der Waals surface area contributed by atoms with Gasteiger partial charge in [-0.1, -0.05) is 30.3 Å². The Hall–Kier alpha value is -0.870. The van der Waals surface area contributed by atoms with Crippen LogP contribution in [0.3, 0.4) is 0 Å². The Balaban J connectivity index is 2.11. The Morgan fingerprint density at radius 2 is 1.40 bits per heavy atom. The molecule has 0 unspecified atom stereocenters. The average Bonchev–Trinajstić information content (AvgIpc) is 2.31. The lowest BCUT2D eigenvalue weighted by molar-refractivity contribution is -0.597. The number of benzene rings is 2. The molecule has 0 aliphatic rings. The van der Waals surface area contributed by atoms with Gasteiger partial charge in [-0.25, -0.2) is 0 Å². The molecular weight excluding hydrogens is 299 g/mol. The molecule has 0 saturated heterocycles. The van der Waals surface area contributed by atoms with Crippen LogP contribution in [0.15, 0.2) is 54.6 Å². The number of hydrogen-bond donors (Lipinski definition) is 1. The summed E-state index contributed by atoms with van der Waals surface area (Å²) in [5, 5.41) is 8.93. The third-order valence-corrected chi connectivity index (χ3v) is 4.73. The van der Waals surface area contributed by atoms with E-state index in [1.165, 1.54) is 7.14 Å². The third-order valence-electron chi connectivity index (χ3n) is 2.05. The minimum Gasteiger partial charge on any atom is -0.392 e. The van der Waals surface area contributed by atoms with E-state index in [0.717, 1.165) is 5.56 Å². The molecule has 0 heterocycles. The van der Waals surface area contributed by atoms with Crippen molar-refractivity contribution in [2.45, 2.75) is 6.61 Å². The van der Waals surface area contributed by atoms with Crippen molar-refractivity contribution in [3.8, 4) is 0 Å². The predicted octanol–water partition coefficient (Wildman–Crippen LogP) is -0.693. The molecule has 15 heavy (non-hydrogen) atoms. The standard InChI is InChI=1S/C13H12IO/c15-10-11-6-8-13(9-7-11)14-12-4-2-1-3-5-12/h1-9,15H,10H2/q+1. The molecule has 2 aromatic carbocycles. The van der Waals surface area contributed by atoms with Crippen LogP contribution in [-0.2, 0) is 6.61 Å². The van der Waals surface area contributed by atoms with Gasteiger partial charge in [-0.2, -0.15) is 0 Å². The molecule has 0 fully saturated rings. The van der Waals surface area contributed by atoms with Crippen molar-refractivity contribution in [1.82, 2.24) is 0 Å². The molecular formula is C13H12IO+. The zero-order valence-electron chi connectivity index (χ0n) is 8.23. The van der Waals surface area contributed by atoms with Gasteiger partial charge in [0.15, 0.2) is 7.14 Å².